The molecule has 0 aromatic carbocycles. The van der Waals surface area contributed by atoms with Gasteiger partial charge in [0.05, 0.1) is 5.54 Å². The molecule has 1 saturated carbocycles. The van der Waals surface area contributed by atoms with Crippen molar-refractivity contribution < 1.29 is 14.7 Å². The SMILES string of the molecule is CC(C(=O)O)N(C)C(=O)C1(N)CCC1. The van der Waals surface area contributed by atoms with Crippen LogP contribution in [0.15, 0.2) is 0 Å². The molecule has 1 atom stereocenters. The van der Waals surface area contributed by atoms with Gasteiger partial charge < -0.3 is 15.7 Å². The molecular weight excluding hydrogens is 184 g/mol. The minimum atomic E-state index is -1.01. The second kappa shape index (κ2) is 3.57. The lowest BCUT2D eigenvalue weighted by molar-refractivity contribution is -0.152. The third-order valence-corrected chi connectivity index (χ3v) is 2.93. The number of nitrogens with zero attached hydrogens (tertiary/aromatic N) is 1. The molecule has 14 heavy (non-hydrogen) atoms. The fraction of sp³-hybridized carbons (Fsp3) is 0.778. The van der Waals surface area contributed by atoms with E-state index < -0.39 is 17.6 Å². The molecule has 1 unspecified atom stereocenters. The second-order valence-electron chi connectivity index (χ2n) is 3.94. The van der Waals surface area contributed by atoms with Gasteiger partial charge >= 0.3 is 5.97 Å². The van der Waals surface area contributed by atoms with Crippen LogP contribution in [0.3, 0.4) is 0 Å². The maximum atomic E-state index is 11.7. The summed E-state index contributed by atoms with van der Waals surface area (Å²) in [6, 6.07) is -0.816. The van der Waals surface area contributed by atoms with Crippen LogP contribution in [0.4, 0.5) is 0 Å². The van der Waals surface area contributed by atoms with Gasteiger partial charge in [-0.2, -0.15) is 0 Å². The predicted molar refractivity (Wildman–Crippen MR) is 50.6 cm³/mol. The van der Waals surface area contributed by atoms with Crippen LogP contribution in [0.5, 0.6) is 0 Å². The molecule has 0 aromatic rings. The molecule has 5 nitrogen and oxygen atoms in total. The van der Waals surface area contributed by atoms with E-state index in [1.165, 1.54) is 18.9 Å². The number of hydrogen-bond acceptors (Lipinski definition) is 3. The lowest BCUT2D eigenvalue weighted by Crippen LogP contribution is -2.60. The van der Waals surface area contributed by atoms with Crippen LogP contribution in [-0.4, -0.2) is 40.5 Å². The average molecular weight is 200 g/mol. The van der Waals surface area contributed by atoms with E-state index >= 15 is 0 Å². The summed E-state index contributed by atoms with van der Waals surface area (Å²) in [6.45, 7) is 1.47. The molecule has 0 aliphatic heterocycles. The Labute approximate surface area is 82.9 Å². The Morgan fingerprint density at radius 1 is 1.50 bits per heavy atom. The molecule has 0 spiro atoms. The quantitative estimate of drug-likeness (QED) is 0.660. The summed E-state index contributed by atoms with van der Waals surface area (Å²) in [5.41, 5.74) is 4.99. The lowest BCUT2D eigenvalue weighted by atomic mass is 9.76. The number of carbonyl (C=O) groups excluding carboxylic acids is 1. The first-order valence-corrected chi connectivity index (χ1v) is 4.67. The summed E-state index contributed by atoms with van der Waals surface area (Å²) < 4.78 is 0. The molecule has 1 fully saturated rings. The third-order valence-electron chi connectivity index (χ3n) is 2.93. The maximum Gasteiger partial charge on any atom is 0.326 e. The number of carboxylic acids is 1. The normalized spacial score (nSPS) is 20.8. The Balaban J connectivity index is 2.64. The van der Waals surface area contributed by atoms with Gasteiger partial charge in [-0.3, -0.25) is 4.79 Å². The van der Waals surface area contributed by atoms with Gasteiger partial charge in [-0.1, -0.05) is 0 Å². The number of carboxylic acid groups (broad SMARTS) is 1. The zero-order chi connectivity index (χ0) is 10.9. The summed E-state index contributed by atoms with van der Waals surface area (Å²) >= 11 is 0. The van der Waals surface area contributed by atoms with Gasteiger partial charge in [0.15, 0.2) is 0 Å². The minimum Gasteiger partial charge on any atom is -0.480 e. The number of nitrogens with two attached hydrogens (primary N) is 1. The van der Waals surface area contributed by atoms with Crippen molar-refractivity contribution in [3.8, 4) is 0 Å². The molecule has 1 amide bonds. The standard InChI is InChI=1S/C9H16N2O3/c1-6(7(12)13)11(2)8(14)9(10)4-3-5-9/h6H,3-5,10H2,1-2H3,(H,12,13). The molecule has 0 heterocycles. The van der Waals surface area contributed by atoms with Gasteiger partial charge in [-0.15, -0.1) is 0 Å². The zero-order valence-electron chi connectivity index (χ0n) is 8.49. The maximum absolute atomic E-state index is 11.7. The minimum absolute atomic E-state index is 0.265. The Hall–Kier alpha value is -1.10. The van der Waals surface area contributed by atoms with Crippen molar-refractivity contribution in [2.24, 2.45) is 5.73 Å². The number of aliphatic carboxylic acids is 1. The predicted octanol–water partition coefficient (Wildman–Crippen LogP) is -0.201. The first-order valence-electron chi connectivity index (χ1n) is 4.67. The van der Waals surface area contributed by atoms with Crippen molar-refractivity contribution in [2.75, 3.05) is 7.05 Å². The molecule has 0 bridgehead atoms. The van der Waals surface area contributed by atoms with Crippen molar-refractivity contribution in [2.45, 2.75) is 37.8 Å². The molecule has 3 N–H and O–H groups in total. The summed E-state index contributed by atoms with van der Waals surface area (Å²) in [4.78, 5) is 23.6. The van der Waals surface area contributed by atoms with Crippen molar-refractivity contribution in [1.29, 1.82) is 0 Å². The zero-order valence-corrected chi connectivity index (χ0v) is 8.49. The highest BCUT2D eigenvalue weighted by Crippen LogP contribution is 2.31. The van der Waals surface area contributed by atoms with Crippen molar-refractivity contribution in [3.05, 3.63) is 0 Å². The molecule has 5 heteroatoms. The summed E-state index contributed by atoms with van der Waals surface area (Å²) in [7, 11) is 1.48. The van der Waals surface area contributed by atoms with Crippen molar-refractivity contribution >= 4 is 11.9 Å². The molecule has 0 saturated heterocycles. The van der Waals surface area contributed by atoms with Gasteiger partial charge in [0.2, 0.25) is 5.91 Å². The van der Waals surface area contributed by atoms with Crippen LogP contribution in [0.2, 0.25) is 0 Å². The van der Waals surface area contributed by atoms with Crippen LogP contribution in [-0.2, 0) is 9.59 Å². The van der Waals surface area contributed by atoms with Crippen molar-refractivity contribution in [3.63, 3.8) is 0 Å². The summed E-state index contributed by atoms with van der Waals surface area (Å²) in [5, 5.41) is 8.72. The Kier molecular flexibility index (Phi) is 2.80. The fourth-order valence-corrected chi connectivity index (χ4v) is 1.46. The van der Waals surface area contributed by atoms with Crippen LogP contribution >= 0.6 is 0 Å². The van der Waals surface area contributed by atoms with E-state index in [0.717, 1.165) is 6.42 Å². The van der Waals surface area contributed by atoms with E-state index in [4.69, 9.17) is 10.8 Å². The molecule has 80 valence electrons. The Bertz CT molecular complexity index is 261. The topological polar surface area (TPSA) is 83.6 Å². The van der Waals surface area contributed by atoms with Crippen molar-refractivity contribution in [1.82, 2.24) is 4.90 Å². The highest BCUT2D eigenvalue weighted by molar-refractivity contribution is 5.90. The number of likely N-dealkylation sites (N-methyl/N-ethyl adjacent to an activating group) is 1. The lowest BCUT2D eigenvalue weighted by Gasteiger charge is -2.40. The van der Waals surface area contributed by atoms with E-state index in [2.05, 4.69) is 0 Å². The van der Waals surface area contributed by atoms with E-state index in [9.17, 15) is 9.59 Å². The van der Waals surface area contributed by atoms with Gasteiger partial charge in [-0.25, -0.2) is 4.79 Å². The highest BCUT2D eigenvalue weighted by Gasteiger charge is 2.43. The fourth-order valence-electron chi connectivity index (χ4n) is 1.46. The molecule has 1 aliphatic rings. The molecule has 0 radical (unpaired) electrons. The van der Waals surface area contributed by atoms with E-state index in [0.29, 0.717) is 12.8 Å². The third kappa shape index (κ3) is 1.72. The number of hydrogen-bond donors (Lipinski definition) is 2. The first kappa shape index (κ1) is 11.0. The smallest absolute Gasteiger partial charge is 0.326 e. The van der Waals surface area contributed by atoms with E-state index in [-0.39, 0.29) is 5.91 Å². The van der Waals surface area contributed by atoms with Crippen LogP contribution < -0.4 is 5.73 Å². The van der Waals surface area contributed by atoms with E-state index in [1.54, 1.807) is 0 Å². The second-order valence-corrected chi connectivity index (χ2v) is 3.94. The van der Waals surface area contributed by atoms with Gasteiger partial charge in [-0.05, 0) is 26.2 Å². The molecule has 1 rings (SSSR count). The summed E-state index contributed by atoms with van der Waals surface area (Å²) in [6.07, 6.45) is 2.25. The number of amides is 1. The Morgan fingerprint density at radius 3 is 2.29 bits per heavy atom. The number of rotatable bonds is 3. The highest BCUT2D eigenvalue weighted by atomic mass is 16.4. The van der Waals surface area contributed by atoms with Gasteiger partial charge in [0.25, 0.3) is 0 Å². The first-order chi connectivity index (χ1) is 6.38. The monoisotopic (exact) mass is 200 g/mol. The molecular formula is C9H16N2O3. The summed E-state index contributed by atoms with van der Waals surface area (Å²) in [5.74, 6) is -1.28. The van der Waals surface area contributed by atoms with Gasteiger partial charge in [0, 0.05) is 7.05 Å². The number of carbonyl (C=O) groups is 2. The van der Waals surface area contributed by atoms with Crippen LogP contribution in [0.1, 0.15) is 26.2 Å². The van der Waals surface area contributed by atoms with Crippen LogP contribution in [0.25, 0.3) is 0 Å². The molecule has 0 aromatic heterocycles. The average Bonchev–Trinajstić information content (AvgIpc) is 2.10. The molecule has 1 aliphatic carbocycles. The van der Waals surface area contributed by atoms with Gasteiger partial charge in [0.1, 0.15) is 6.04 Å². The largest absolute Gasteiger partial charge is 0.480 e. The van der Waals surface area contributed by atoms with Crippen LogP contribution in [0, 0.1) is 0 Å². The van der Waals surface area contributed by atoms with E-state index in [1.807, 2.05) is 0 Å². The Morgan fingerprint density at radius 2 is 2.00 bits per heavy atom.